The fourth-order valence-corrected chi connectivity index (χ4v) is 5.89. The van der Waals surface area contributed by atoms with Gasteiger partial charge in [-0.1, -0.05) is 48.0 Å². The SMILES string of the molecule is CCN(C(=O)COC(=O)c1cc(-c2ccc(C)cc2)nc2ccccc12)[C@@H]1CCS(=O)(=O)C1. The van der Waals surface area contributed by atoms with Crippen LogP contribution in [0.25, 0.3) is 22.2 Å². The lowest BCUT2D eigenvalue weighted by Crippen LogP contribution is -2.43. The molecular weight excluding hydrogens is 440 g/mol. The summed E-state index contributed by atoms with van der Waals surface area (Å²) < 4.78 is 29.0. The Morgan fingerprint density at radius 3 is 2.52 bits per heavy atom. The van der Waals surface area contributed by atoms with Crippen molar-refractivity contribution in [3.8, 4) is 11.3 Å². The highest BCUT2D eigenvalue weighted by Crippen LogP contribution is 2.26. The molecule has 8 heteroatoms. The molecule has 0 saturated carbocycles. The van der Waals surface area contributed by atoms with Crippen LogP contribution in [0.1, 0.15) is 29.3 Å². The number of benzene rings is 2. The average molecular weight is 467 g/mol. The molecule has 1 aliphatic rings. The van der Waals surface area contributed by atoms with Crippen molar-refractivity contribution < 1.29 is 22.7 Å². The van der Waals surface area contributed by atoms with E-state index in [1.54, 1.807) is 19.1 Å². The van der Waals surface area contributed by atoms with Gasteiger partial charge in [-0.05, 0) is 32.4 Å². The second-order valence-electron chi connectivity index (χ2n) is 8.25. The van der Waals surface area contributed by atoms with Crippen molar-refractivity contribution >= 4 is 32.6 Å². The molecule has 0 radical (unpaired) electrons. The van der Waals surface area contributed by atoms with Crippen molar-refractivity contribution in [1.82, 2.24) is 9.88 Å². The minimum absolute atomic E-state index is 0.0462. The standard InChI is InChI=1S/C25H26N2O5S/c1-3-27(19-12-13-33(30,31)16-19)24(28)15-32-25(29)21-14-23(18-10-8-17(2)9-11-18)26-22-7-5-4-6-20(21)22/h4-11,14,19H,3,12-13,15-16H2,1-2H3/t19-/m1/s1. The lowest BCUT2D eigenvalue weighted by Gasteiger charge is -2.26. The third-order valence-electron chi connectivity index (χ3n) is 5.92. The first-order valence-electron chi connectivity index (χ1n) is 10.9. The minimum Gasteiger partial charge on any atom is -0.452 e. The molecule has 1 atom stereocenters. The zero-order valence-electron chi connectivity index (χ0n) is 18.7. The summed E-state index contributed by atoms with van der Waals surface area (Å²) in [4.78, 5) is 31.9. The molecule has 1 aromatic heterocycles. The van der Waals surface area contributed by atoms with Crippen LogP contribution in [0, 0.1) is 6.92 Å². The van der Waals surface area contributed by atoms with E-state index in [-0.39, 0.29) is 17.5 Å². The van der Waals surface area contributed by atoms with Gasteiger partial charge in [-0.3, -0.25) is 4.79 Å². The second-order valence-corrected chi connectivity index (χ2v) is 10.5. The van der Waals surface area contributed by atoms with Crippen molar-refractivity contribution in [3.05, 3.63) is 65.7 Å². The van der Waals surface area contributed by atoms with Crippen LogP contribution in [-0.4, -0.2) is 60.9 Å². The Bertz CT molecular complexity index is 1300. The molecule has 0 N–H and O–H groups in total. The number of fused-ring (bicyclic) bond motifs is 1. The Hall–Kier alpha value is -3.26. The van der Waals surface area contributed by atoms with E-state index >= 15 is 0 Å². The van der Waals surface area contributed by atoms with E-state index in [2.05, 4.69) is 4.98 Å². The predicted octanol–water partition coefficient (Wildman–Crippen LogP) is 3.40. The van der Waals surface area contributed by atoms with Crippen molar-refractivity contribution in [2.45, 2.75) is 26.3 Å². The molecule has 4 rings (SSSR count). The Kier molecular flexibility index (Phi) is 6.47. The maximum atomic E-state index is 13.0. The molecule has 0 aliphatic carbocycles. The van der Waals surface area contributed by atoms with E-state index in [0.717, 1.165) is 11.1 Å². The molecule has 7 nitrogen and oxygen atoms in total. The summed E-state index contributed by atoms with van der Waals surface area (Å²) in [7, 11) is -3.13. The van der Waals surface area contributed by atoms with Gasteiger partial charge in [0, 0.05) is 23.5 Å². The molecule has 2 aromatic carbocycles. The quantitative estimate of drug-likeness (QED) is 0.517. The highest BCUT2D eigenvalue weighted by molar-refractivity contribution is 7.91. The number of nitrogens with zero attached hydrogens (tertiary/aromatic N) is 2. The number of para-hydroxylation sites is 1. The number of carbonyl (C=O) groups is 2. The molecule has 1 fully saturated rings. The molecule has 33 heavy (non-hydrogen) atoms. The van der Waals surface area contributed by atoms with Gasteiger partial charge in [0.05, 0.1) is 28.3 Å². The number of esters is 1. The van der Waals surface area contributed by atoms with Gasteiger partial charge in [-0.2, -0.15) is 0 Å². The highest BCUT2D eigenvalue weighted by Gasteiger charge is 2.34. The molecular formula is C25H26N2O5S. The fraction of sp³-hybridized carbons (Fsp3) is 0.320. The zero-order chi connectivity index (χ0) is 23.6. The van der Waals surface area contributed by atoms with Crippen LogP contribution in [0.15, 0.2) is 54.6 Å². The van der Waals surface area contributed by atoms with Gasteiger partial charge in [-0.25, -0.2) is 18.2 Å². The zero-order valence-corrected chi connectivity index (χ0v) is 19.5. The van der Waals surface area contributed by atoms with E-state index in [1.165, 1.54) is 4.90 Å². The largest absolute Gasteiger partial charge is 0.452 e. The molecule has 0 spiro atoms. The number of amides is 1. The number of aromatic nitrogens is 1. The first kappa shape index (κ1) is 22.9. The van der Waals surface area contributed by atoms with Crippen LogP contribution >= 0.6 is 0 Å². The van der Waals surface area contributed by atoms with E-state index in [1.807, 2.05) is 49.4 Å². The van der Waals surface area contributed by atoms with Crippen molar-refractivity contribution in [3.63, 3.8) is 0 Å². The molecule has 1 saturated heterocycles. The van der Waals surface area contributed by atoms with Gasteiger partial charge in [0.2, 0.25) is 0 Å². The minimum atomic E-state index is -3.13. The maximum absolute atomic E-state index is 13.0. The summed E-state index contributed by atoms with van der Waals surface area (Å²) in [6, 6.07) is 16.4. The average Bonchev–Trinajstić information content (AvgIpc) is 3.16. The Labute approximate surface area is 193 Å². The number of rotatable bonds is 6. The molecule has 1 aliphatic heterocycles. The van der Waals surface area contributed by atoms with Crippen LogP contribution in [0.4, 0.5) is 0 Å². The van der Waals surface area contributed by atoms with Crippen LogP contribution in [0.5, 0.6) is 0 Å². The monoisotopic (exact) mass is 466 g/mol. The van der Waals surface area contributed by atoms with Gasteiger partial charge in [0.15, 0.2) is 16.4 Å². The molecule has 0 unspecified atom stereocenters. The molecule has 1 amide bonds. The smallest absolute Gasteiger partial charge is 0.339 e. The molecule has 3 aromatic rings. The number of pyridine rings is 1. The summed E-state index contributed by atoms with van der Waals surface area (Å²) in [5, 5.41) is 0.639. The number of ether oxygens (including phenoxy) is 1. The van der Waals surface area contributed by atoms with Gasteiger partial charge in [0.25, 0.3) is 5.91 Å². The van der Waals surface area contributed by atoms with Crippen LogP contribution < -0.4 is 0 Å². The van der Waals surface area contributed by atoms with Crippen LogP contribution in [0.3, 0.4) is 0 Å². The summed E-state index contributed by atoms with van der Waals surface area (Å²) in [5.74, 6) is -0.989. The molecule has 2 heterocycles. The number of hydrogen-bond donors (Lipinski definition) is 0. The number of carbonyl (C=O) groups excluding carboxylic acids is 2. The molecule has 0 bridgehead atoms. The van der Waals surface area contributed by atoms with Crippen LogP contribution in [0.2, 0.25) is 0 Å². The van der Waals surface area contributed by atoms with E-state index < -0.39 is 28.3 Å². The van der Waals surface area contributed by atoms with E-state index in [4.69, 9.17) is 4.74 Å². The summed E-state index contributed by atoms with van der Waals surface area (Å²) in [5.41, 5.74) is 3.61. The summed E-state index contributed by atoms with van der Waals surface area (Å²) in [6.45, 7) is 3.69. The maximum Gasteiger partial charge on any atom is 0.339 e. The van der Waals surface area contributed by atoms with Gasteiger partial charge in [0.1, 0.15) is 0 Å². The van der Waals surface area contributed by atoms with Gasteiger partial charge < -0.3 is 9.64 Å². The summed E-state index contributed by atoms with van der Waals surface area (Å²) >= 11 is 0. The van der Waals surface area contributed by atoms with Gasteiger partial charge in [-0.15, -0.1) is 0 Å². The van der Waals surface area contributed by atoms with E-state index in [0.29, 0.717) is 35.1 Å². The number of sulfone groups is 1. The third-order valence-corrected chi connectivity index (χ3v) is 7.67. The van der Waals surface area contributed by atoms with E-state index in [9.17, 15) is 18.0 Å². The van der Waals surface area contributed by atoms with Crippen molar-refractivity contribution in [2.24, 2.45) is 0 Å². The normalized spacial score (nSPS) is 17.1. The highest BCUT2D eigenvalue weighted by atomic mass is 32.2. The third kappa shape index (κ3) is 5.06. The Morgan fingerprint density at radius 1 is 1.12 bits per heavy atom. The Morgan fingerprint density at radius 2 is 1.85 bits per heavy atom. The molecule has 172 valence electrons. The predicted molar refractivity (Wildman–Crippen MR) is 127 cm³/mol. The fourth-order valence-electron chi connectivity index (χ4n) is 4.16. The lowest BCUT2D eigenvalue weighted by molar-refractivity contribution is -0.136. The second kappa shape index (κ2) is 9.31. The number of hydrogen-bond acceptors (Lipinski definition) is 6. The lowest BCUT2D eigenvalue weighted by atomic mass is 10.0. The topological polar surface area (TPSA) is 93.6 Å². The van der Waals surface area contributed by atoms with Crippen LogP contribution in [-0.2, 0) is 19.4 Å². The summed E-state index contributed by atoms with van der Waals surface area (Å²) in [6.07, 6.45) is 0.408. The van der Waals surface area contributed by atoms with Crippen molar-refractivity contribution in [2.75, 3.05) is 24.7 Å². The van der Waals surface area contributed by atoms with Gasteiger partial charge >= 0.3 is 5.97 Å². The number of aryl methyl sites for hydroxylation is 1. The Balaban J connectivity index is 1.56. The first-order valence-corrected chi connectivity index (χ1v) is 12.7. The van der Waals surface area contributed by atoms with Crippen molar-refractivity contribution in [1.29, 1.82) is 0 Å². The number of likely N-dealkylation sites (N-methyl/N-ethyl adjacent to an activating group) is 1. The first-order chi connectivity index (χ1) is 15.8.